The monoisotopic (exact) mass is 248 g/mol. The number of ether oxygens (including phenoxy) is 3. The highest BCUT2D eigenvalue weighted by Gasteiger charge is 2.15. The topological polar surface area (TPSA) is 63.5 Å². The summed E-state index contributed by atoms with van der Waals surface area (Å²) < 4.78 is 16.3. The zero-order valence-electron chi connectivity index (χ0n) is 10.3. The number of benzene rings is 1. The molecule has 1 atom stereocenters. The Kier molecular flexibility index (Phi) is 4.40. The standard InChI is InChI=1S/C13H16N2O3/c1-16-11-3-2-10(7-14)13(6-11)18-9-12-8-15-4-5-17-12/h2-3,6,12,15H,4-5,8-9H2,1H3. The summed E-state index contributed by atoms with van der Waals surface area (Å²) in [5, 5.41) is 12.2. The highest BCUT2D eigenvalue weighted by atomic mass is 16.5. The molecule has 2 rings (SSSR count). The smallest absolute Gasteiger partial charge is 0.140 e. The normalized spacial score (nSPS) is 19.0. The quantitative estimate of drug-likeness (QED) is 0.859. The van der Waals surface area contributed by atoms with E-state index in [1.807, 2.05) is 0 Å². The molecule has 1 aliphatic heterocycles. The number of morpholine rings is 1. The maximum absolute atomic E-state index is 9.00. The van der Waals surface area contributed by atoms with Crippen LogP contribution in [0, 0.1) is 11.3 Å². The molecule has 5 heteroatoms. The molecule has 1 unspecified atom stereocenters. The molecule has 1 N–H and O–H groups in total. The lowest BCUT2D eigenvalue weighted by atomic mass is 10.2. The molecule has 1 fully saturated rings. The van der Waals surface area contributed by atoms with E-state index in [2.05, 4.69) is 11.4 Å². The Bertz CT molecular complexity index is 436. The van der Waals surface area contributed by atoms with Crippen LogP contribution in [0.4, 0.5) is 0 Å². The van der Waals surface area contributed by atoms with Crippen molar-refractivity contribution in [3.05, 3.63) is 23.8 Å². The average Bonchev–Trinajstić information content (AvgIpc) is 2.45. The van der Waals surface area contributed by atoms with E-state index in [0.29, 0.717) is 30.3 Å². The van der Waals surface area contributed by atoms with Crippen molar-refractivity contribution in [2.24, 2.45) is 0 Å². The number of nitrogens with zero attached hydrogens (tertiary/aromatic N) is 1. The lowest BCUT2D eigenvalue weighted by Crippen LogP contribution is -2.41. The molecule has 1 aliphatic rings. The minimum absolute atomic E-state index is 0.0245. The Morgan fingerprint density at radius 1 is 1.56 bits per heavy atom. The summed E-state index contributed by atoms with van der Waals surface area (Å²) in [5.74, 6) is 1.21. The van der Waals surface area contributed by atoms with Gasteiger partial charge in [-0.2, -0.15) is 5.26 Å². The summed E-state index contributed by atoms with van der Waals surface area (Å²) in [6, 6.07) is 7.24. The van der Waals surface area contributed by atoms with Gasteiger partial charge in [-0.15, -0.1) is 0 Å². The molecule has 1 aromatic rings. The van der Waals surface area contributed by atoms with Crippen LogP contribution in [-0.4, -0.2) is 39.5 Å². The van der Waals surface area contributed by atoms with E-state index in [1.54, 1.807) is 25.3 Å². The predicted octanol–water partition coefficient (Wildman–Crippen LogP) is 0.934. The highest BCUT2D eigenvalue weighted by Crippen LogP contribution is 2.24. The summed E-state index contributed by atoms with van der Waals surface area (Å²) in [5.41, 5.74) is 0.500. The Hall–Kier alpha value is -1.77. The van der Waals surface area contributed by atoms with E-state index in [0.717, 1.165) is 13.1 Å². The average molecular weight is 248 g/mol. The number of nitriles is 1. The molecular formula is C13H16N2O3. The fourth-order valence-electron chi connectivity index (χ4n) is 1.75. The van der Waals surface area contributed by atoms with Gasteiger partial charge in [-0.25, -0.2) is 0 Å². The summed E-state index contributed by atoms with van der Waals surface area (Å²) in [6.07, 6.45) is 0.0245. The Labute approximate surface area is 106 Å². The van der Waals surface area contributed by atoms with E-state index in [1.165, 1.54) is 0 Å². The lowest BCUT2D eigenvalue weighted by molar-refractivity contribution is 0.000103. The third-order valence-corrected chi connectivity index (χ3v) is 2.74. The minimum atomic E-state index is 0.0245. The Morgan fingerprint density at radius 2 is 2.44 bits per heavy atom. The molecule has 0 aromatic heterocycles. The maximum Gasteiger partial charge on any atom is 0.140 e. The molecule has 1 heterocycles. The van der Waals surface area contributed by atoms with E-state index < -0.39 is 0 Å². The second kappa shape index (κ2) is 6.24. The van der Waals surface area contributed by atoms with Crippen molar-refractivity contribution in [1.82, 2.24) is 5.32 Å². The van der Waals surface area contributed by atoms with Gasteiger partial charge in [-0.1, -0.05) is 0 Å². The van der Waals surface area contributed by atoms with Gasteiger partial charge in [0.05, 0.1) is 19.3 Å². The second-order valence-corrected chi connectivity index (χ2v) is 3.98. The summed E-state index contributed by atoms with van der Waals surface area (Å²) in [4.78, 5) is 0. The second-order valence-electron chi connectivity index (χ2n) is 3.98. The van der Waals surface area contributed by atoms with Gasteiger partial charge in [0.2, 0.25) is 0 Å². The van der Waals surface area contributed by atoms with Crippen LogP contribution in [0.3, 0.4) is 0 Å². The molecule has 0 aliphatic carbocycles. The van der Waals surface area contributed by atoms with Crippen molar-refractivity contribution in [3.63, 3.8) is 0 Å². The van der Waals surface area contributed by atoms with Crippen LogP contribution in [0.25, 0.3) is 0 Å². The predicted molar refractivity (Wildman–Crippen MR) is 65.8 cm³/mol. The molecule has 96 valence electrons. The summed E-state index contributed by atoms with van der Waals surface area (Å²) in [6.45, 7) is 2.76. The van der Waals surface area contributed by atoms with Crippen molar-refractivity contribution in [2.45, 2.75) is 6.10 Å². The first-order valence-electron chi connectivity index (χ1n) is 5.86. The highest BCUT2D eigenvalue weighted by molar-refractivity contribution is 5.47. The van der Waals surface area contributed by atoms with Crippen LogP contribution in [0.5, 0.6) is 11.5 Å². The van der Waals surface area contributed by atoms with Crippen molar-refractivity contribution < 1.29 is 14.2 Å². The molecule has 1 saturated heterocycles. The third-order valence-electron chi connectivity index (χ3n) is 2.74. The van der Waals surface area contributed by atoms with E-state index in [4.69, 9.17) is 19.5 Å². The van der Waals surface area contributed by atoms with Crippen LogP contribution in [-0.2, 0) is 4.74 Å². The van der Waals surface area contributed by atoms with Crippen molar-refractivity contribution in [3.8, 4) is 17.6 Å². The molecule has 1 aromatic carbocycles. The van der Waals surface area contributed by atoms with Crippen LogP contribution in [0.15, 0.2) is 18.2 Å². The Morgan fingerprint density at radius 3 is 3.11 bits per heavy atom. The fourth-order valence-corrected chi connectivity index (χ4v) is 1.75. The van der Waals surface area contributed by atoms with E-state index in [-0.39, 0.29) is 6.10 Å². The maximum atomic E-state index is 9.00. The van der Waals surface area contributed by atoms with Crippen LogP contribution < -0.4 is 14.8 Å². The van der Waals surface area contributed by atoms with Crippen molar-refractivity contribution in [2.75, 3.05) is 33.4 Å². The van der Waals surface area contributed by atoms with Gasteiger partial charge in [-0.05, 0) is 12.1 Å². The number of nitrogens with one attached hydrogen (secondary N) is 1. The molecule has 0 amide bonds. The van der Waals surface area contributed by atoms with Gasteiger partial charge in [0.1, 0.15) is 30.3 Å². The number of rotatable bonds is 4. The van der Waals surface area contributed by atoms with Gasteiger partial charge in [0.25, 0.3) is 0 Å². The molecular weight excluding hydrogens is 232 g/mol. The van der Waals surface area contributed by atoms with Gasteiger partial charge < -0.3 is 19.5 Å². The fraction of sp³-hybridized carbons (Fsp3) is 0.462. The van der Waals surface area contributed by atoms with Crippen LogP contribution in [0.2, 0.25) is 0 Å². The van der Waals surface area contributed by atoms with Crippen LogP contribution >= 0.6 is 0 Å². The first-order chi connectivity index (χ1) is 8.83. The summed E-state index contributed by atoms with van der Waals surface area (Å²) >= 11 is 0. The van der Waals surface area contributed by atoms with Gasteiger partial charge in [0, 0.05) is 19.2 Å². The molecule has 0 spiro atoms. The summed E-state index contributed by atoms with van der Waals surface area (Å²) in [7, 11) is 1.58. The number of methoxy groups -OCH3 is 1. The van der Waals surface area contributed by atoms with Gasteiger partial charge in [0.15, 0.2) is 0 Å². The van der Waals surface area contributed by atoms with Gasteiger partial charge in [-0.3, -0.25) is 0 Å². The molecule has 5 nitrogen and oxygen atoms in total. The zero-order valence-corrected chi connectivity index (χ0v) is 10.3. The Balaban J connectivity index is 2.00. The van der Waals surface area contributed by atoms with Gasteiger partial charge >= 0.3 is 0 Å². The first kappa shape index (κ1) is 12.7. The third kappa shape index (κ3) is 3.13. The zero-order chi connectivity index (χ0) is 12.8. The van der Waals surface area contributed by atoms with Crippen molar-refractivity contribution >= 4 is 0 Å². The minimum Gasteiger partial charge on any atom is -0.497 e. The largest absolute Gasteiger partial charge is 0.497 e. The van der Waals surface area contributed by atoms with E-state index >= 15 is 0 Å². The lowest BCUT2D eigenvalue weighted by Gasteiger charge is -2.23. The molecule has 18 heavy (non-hydrogen) atoms. The number of hydrogen-bond acceptors (Lipinski definition) is 5. The molecule has 0 bridgehead atoms. The molecule has 0 saturated carbocycles. The molecule has 0 radical (unpaired) electrons. The first-order valence-corrected chi connectivity index (χ1v) is 5.86. The van der Waals surface area contributed by atoms with Crippen LogP contribution in [0.1, 0.15) is 5.56 Å². The number of hydrogen-bond donors (Lipinski definition) is 1. The van der Waals surface area contributed by atoms with Crippen molar-refractivity contribution in [1.29, 1.82) is 5.26 Å². The van der Waals surface area contributed by atoms with E-state index in [9.17, 15) is 0 Å². The SMILES string of the molecule is COc1ccc(C#N)c(OCC2CNCCO2)c1.